The van der Waals surface area contributed by atoms with Gasteiger partial charge in [0.05, 0.1) is 5.92 Å². The minimum Gasteiger partial charge on any atom is -0.481 e. The monoisotopic (exact) mass is 235 g/mol. The van der Waals surface area contributed by atoms with Gasteiger partial charge in [-0.15, -0.1) is 0 Å². The standard InChI is InChI=1S/C11H14BNO4/c14-11(15)8-4-5-13(7-8)10-3-1-2-9(6-10)12(16)17/h1-3,6,8,16-17H,4-5,7H2,(H,14,15). The molecule has 2 rings (SSSR count). The summed E-state index contributed by atoms with van der Waals surface area (Å²) in [6.45, 7) is 1.16. The van der Waals surface area contributed by atoms with Crippen LogP contribution in [-0.4, -0.2) is 41.3 Å². The maximum absolute atomic E-state index is 10.8. The van der Waals surface area contributed by atoms with Crippen LogP contribution in [0.15, 0.2) is 24.3 Å². The highest BCUT2D eigenvalue weighted by molar-refractivity contribution is 6.58. The van der Waals surface area contributed by atoms with Crippen molar-refractivity contribution in [1.82, 2.24) is 0 Å². The van der Waals surface area contributed by atoms with Gasteiger partial charge in [0, 0.05) is 18.8 Å². The summed E-state index contributed by atoms with van der Waals surface area (Å²) < 4.78 is 0. The average Bonchev–Trinajstić information content (AvgIpc) is 2.78. The normalized spacial score (nSPS) is 19.4. The van der Waals surface area contributed by atoms with E-state index in [0.29, 0.717) is 25.0 Å². The Morgan fingerprint density at radius 1 is 1.41 bits per heavy atom. The van der Waals surface area contributed by atoms with Crippen molar-refractivity contribution in [3.05, 3.63) is 24.3 Å². The summed E-state index contributed by atoms with van der Waals surface area (Å²) in [5.74, 6) is -1.11. The first-order chi connectivity index (χ1) is 8.08. The molecule has 90 valence electrons. The molecule has 1 fully saturated rings. The van der Waals surface area contributed by atoms with Crippen LogP contribution in [-0.2, 0) is 4.79 Å². The van der Waals surface area contributed by atoms with Crippen LogP contribution in [0.25, 0.3) is 0 Å². The highest BCUT2D eigenvalue weighted by Gasteiger charge is 2.28. The molecule has 0 radical (unpaired) electrons. The fourth-order valence-electron chi connectivity index (χ4n) is 2.08. The fraction of sp³-hybridized carbons (Fsp3) is 0.364. The van der Waals surface area contributed by atoms with Crippen molar-refractivity contribution < 1.29 is 19.9 Å². The van der Waals surface area contributed by atoms with E-state index in [-0.39, 0.29) is 5.92 Å². The third-order valence-corrected chi connectivity index (χ3v) is 3.07. The van der Waals surface area contributed by atoms with Crippen molar-refractivity contribution in [2.45, 2.75) is 6.42 Å². The summed E-state index contributed by atoms with van der Waals surface area (Å²) in [6.07, 6.45) is 0.626. The summed E-state index contributed by atoms with van der Waals surface area (Å²) in [7, 11) is -1.49. The highest BCUT2D eigenvalue weighted by Crippen LogP contribution is 2.23. The minimum absolute atomic E-state index is 0.335. The molecule has 5 nitrogen and oxygen atoms in total. The van der Waals surface area contributed by atoms with E-state index in [4.69, 9.17) is 15.2 Å². The van der Waals surface area contributed by atoms with Crippen LogP contribution in [0, 0.1) is 5.92 Å². The smallest absolute Gasteiger partial charge is 0.481 e. The summed E-state index contributed by atoms with van der Waals surface area (Å²) in [6, 6.07) is 6.88. The Morgan fingerprint density at radius 3 is 2.76 bits per heavy atom. The second-order valence-electron chi connectivity index (χ2n) is 4.24. The van der Waals surface area contributed by atoms with Gasteiger partial charge in [-0.2, -0.15) is 0 Å². The van der Waals surface area contributed by atoms with Crippen LogP contribution in [0.2, 0.25) is 0 Å². The molecule has 0 bridgehead atoms. The van der Waals surface area contributed by atoms with E-state index >= 15 is 0 Å². The van der Waals surface area contributed by atoms with Gasteiger partial charge in [-0.05, 0) is 24.0 Å². The molecule has 6 heteroatoms. The largest absolute Gasteiger partial charge is 0.488 e. The van der Waals surface area contributed by atoms with Crippen LogP contribution in [0.5, 0.6) is 0 Å². The van der Waals surface area contributed by atoms with Gasteiger partial charge in [-0.3, -0.25) is 4.79 Å². The lowest BCUT2D eigenvalue weighted by Crippen LogP contribution is -2.31. The minimum atomic E-state index is -1.49. The van der Waals surface area contributed by atoms with E-state index in [9.17, 15) is 4.79 Å². The molecule has 0 amide bonds. The van der Waals surface area contributed by atoms with Crippen LogP contribution in [0.1, 0.15) is 6.42 Å². The zero-order valence-corrected chi connectivity index (χ0v) is 9.28. The van der Waals surface area contributed by atoms with Crippen LogP contribution >= 0.6 is 0 Å². The fourth-order valence-corrected chi connectivity index (χ4v) is 2.08. The van der Waals surface area contributed by atoms with E-state index in [0.717, 1.165) is 5.69 Å². The lowest BCUT2D eigenvalue weighted by Gasteiger charge is -2.18. The molecule has 1 aliphatic heterocycles. The molecule has 1 unspecified atom stereocenters. The Morgan fingerprint density at radius 2 is 2.18 bits per heavy atom. The molecule has 0 spiro atoms. The average molecular weight is 235 g/mol. The zero-order valence-electron chi connectivity index (χ0n) is 9.28. The van der Waals surface area contributed by atoms with Gasteiger partial charge in [0.1, 0.15) is 0 Å². The van der Waals surface area contributed by atoms with Crippen molar-refractivity contribution in [2.24, 2.45) is 5.92 Å². The molecule has 1 aliphatic rings. The van der Waals surface area contributed by atoms with Gasteiger partial charge in [-0.25, -0.2) is 0 Å². The van der Waals surface area contributed by atoms with Gasteiger partial charge in [0.2, 0.25) is 0 Å². The lowest BCUT2D eigenvalue weighted by molar-refractivity contribution is -0.140. The second kappa shape index (κ2) is 4.77. The third-order valence-electron chi connectivity index (χ3n) is 3.07. The Labute approximate surface area is 99.4 Å². The number of aliphatic carboxylic acids is 1. The van der Waals surface area contributed by atoms with E-state index in [1.165, 1.54) is 0 Å². The molecule has 0 aliphatic carbocycles. The first-order valence-corrected chi connectivity index (χ1v) is 5.52. The van der Waals surface area contributed by atoms with E-state index in [1.54, 1.807) is 18.2 Å². The maximum Gasteiger partial charge on any atom is 0.488 e. The summed E-state index contributed by atoms with van der Waals surface area (Å²) in [4.78, 5) is 12.8. The van der Waals surface area contributed by atoms with Crippen molar-refractivity contribution in [2.75, 3.05) is 18.0 Å². The first kappa shape index (κ1) is 11.9. The number of anilines is 1. The van der Waals surface area contributed by atoms with Gasteiger partial charge < -0.3 is 20.1 Å². The number of benzene rings is 1. The topological polar surface area (TPSA) is 81.0 Å². The number of carbonyl (C=O) groups is 1. The highest BCUT2D eigenvalue weighted by atomic mass is 16.4. The number of nitrogens with zero attached hydrogens (tertiary/aromatic N) is 1. The van der Waals surface area contributed by atoms with Crippen LogP contribution in [0.4, 0.5) is 5.69 Å². The molecule has 1 aromatic rings. The lowest BCUT2D eigenvalue weighted by atomic mass is 9.80. The number of carboxylic acids is 1. The van der Waals surface area contributed by atoms with Crippen molar-refractivity contribution in [1.29, 1.82) is 0 Å². The number of carboxylic acid groups (broad SMARTS) is 1. The third kappa shape index (κ3) is 2.59. The van der Waals surface area contributed by atoms with E-state index in [1.807, 2.05) is 11.0 Å². The molecular formula is C11H14BNO4. The predicted molar refractivity (Wildman–Crippen MR) is 64.2 cm³/mol. The zero-order chi connectivity index (χ0) is 12.4. The predicted octanol–water partition coefficient (Wildman–Crippen LogP) is -0.723. The number of hydrogen-bond acceptors (Lipinski definition) is 4. The molecule has 1 atom stereocenters. The van der Waals surface area contributed by atoms with E-state index in [2.05, 4.69) is 0 Å². The van der Waals surface area contributed by atoms with Crippen molar-refractivity contribution >= 4 is 24.2 Å². The molecule has 3 N–H and O–H groups in total. The van der Waals surface area contributed by atoms with Crippen LogP contribution in [0.3, 0.4) is 0 Å². The number of hydrogen-bond donors (Lipinski definition) is 3. The molecule has 0 saturated carbocycles. The first-order valence-electron chi connectivity index (χ1n) is 5.52. The van der Waals surface area contributed by atoms with Crippen molar-refractivity contribution in [3.8, 4) is 0 Å². The second-order valence-corrected chi connectivity index (χ2v) is 4.24. The van der Waals surface area contributed by atoms with E-state index < -0.39 is 13.1 Å². The van der Waals surface area contributed by atoms with Crippen LogP contribution < -0.4 is 10.4 Å². The summed E-state index contributed by atoms with van der Waals surface area (Å²) in [5, 5.41) is 27.1. The molecule has 0 aromatic heterocycles. The van der Waals surface area contributed by atoms with Crippen molar-refractivity contribution in [3.63, 3.8) is 0 Å². The SMILES string of the molecule is O=C(O)C1CCN(c2cccc(B(O)O)c2)C1. The maximum atomic E-state index is 10.8. The molecular weight excluding hydrogens is 221 g/mol. The van der Waals surface area contributed by atoms with Gasteiger partial charge in [0.15, 0.2) is 0 Å². The number of rotatable bonds is 3. The Hall–Kier alpha value is -1.53. The Kier molecular flexibility index (Phi) is 3.35. The summed E-state index contributed by atoms with van der Waals surface area (Å²) in [5.41, 5.74) is 1.25. The Balaban J connectivity index is 2.13. The Bertz CT molecular complexity index is 424. The summed E-state index contributed by atoms with van der Waals surface area (Å²) >= 11 is 0. The molecule has 1 heterocycles. The molecule has 1 saturated heterocycles. The van der Waals surface area contributed by atoms with Gasteiger partial charge in [-0.1, -0.05) is 12.1 Å². The van der Waals surface area contributed by atoms with Gasteiger partial charge in [0.25, 0.3) is 0 Å². The molecule has 1 aromatic carbocycles. The quantitative estimate of drug-likeness (QED) is 0.602. The van der Waals surface area contributed by atoms with Gasteiger partial charge >= 0.3 is 13.1 Å². The molecule has 17 heavy (non-hydrogen) atoms.